The Morgan fingerprint density at radius 3 is 2.67 bits per heavy atom. The molecule has 0 bridgehead atoms. The second-order valence-electron chi connectivity index (χ2n) is 4.05. The number of nitrogens with two attached hydrogens (primary N) is 1. The number of aromatic nitrogens is 1. The Morgan fingerprint density at radius 1 is 1.33 bits per heavy atom. The van der Waals surface area contributed by atoms with Gasteiger partial charge >= 0.3 is 0 Å². The molecule has 0 amide bonds. The zero-order valence-electron chi connectivity index (χ0n) is 9.07. The summed E-state index contributed by atoms with van der Waals surface area (Å²) in [7, 11) is 0. The van der Waals surface area contributed by atoms with Crippen LogP contribution in [0.2, 0.25) is 0 Å². The first-order valence-electron chi connectivity index (χ1n) is 5.16. The number of phenolic OH excluding ortho intramolecular Hbond substituents is 1. The van der Waals surface area contributed by atoms with Gasteiger partial charge in [-0.2, -0.15) is 0 Å². The Balaban J connectivity index is 2.76. The van der Waals surface area contributed by atoms with Crippen LogP contribution in [0, 0.1) is 0 Å². The van der Waals surface area contributed by atoms with Crippen LogP contribution in [0.25, 0.3) is 10.9 Å². The summed E-state index contributed by atoms with van der Waals surface area (Å²) in [6.07, 6.45) is 0. The molecule has 0 spiro atoms. The number of aromatic hydroxyl groups is 1. The van der Waals surface area contributed by atoms with Gasteiger partial charge in [0.2, 0.25) is 0 Å². The molecule has 3 N–H and O–H groups in total. The van der Waals surface area contributed by atoms with Gasteiger partial charge in [-0.3, -0.25) is 0 Å². The second kappa shape index (κ2) is 3.59. The molecular formula is C12H16N2O. The average Bonchev–Trinajstić information content (AvgIpc) is 2.55. The lowest BCUT2D eigenvalue weighted by Gasteiger charge is -2.13. The molecule has 80 valence electrons. The van der Waals surface area contributed by atoms with Gasteiger partial charge in [0.25, 0.3) is 0 Å². The highest BCUT2D eigenvalue weighted by molar-refractivity contribution is 5.82. The van der Waals surface area contributed by atoms with Crippen LogP contribution < -0.4 is 5.73 Å². The van der Waals surface area contributed by atoms with E-state index >= 15 is 0 Å². The van der Waals surface area contributed by atoms with Crippen LogP contribution in [0.1, 0.15) is 25.6 Å². The van der Waals surface area contributed by atoms with Crippen molar-refractivity contribution in [1.29, 1.82) is 0 Å². The van der Waals surface area contributed by atoms with Gasteiger partial charge in [0, 0.05) is 29.7 Å². The molecule has 0 atom stereocenters. The quantitative estimate of drug-likeness (QED) is 0.789. The highest BCUT2D eigenvalue weighted by atomic mass is 16.3. The predicted octanol–water partition coefficient (Wildman–Crippen LogP) is 2.39. The van der Waals surface area contributed by atoms with Crippen molar-refractivity contribution in [2.75, 3.05) is 0 Å². The third-order valence-electron chi connectivity index (χ3n) is 2.63. The normalized spacial score (nSPS) is 11.5. The Hall–Kier alpha value is -1.48. The van der Waals surface area contributed by atoms with Gasteiger partial charge < -0.3 is 15.4 Å². The van der Waals surface area contributed by atoms with Crippen molar-refractivity contribution >= 4 is 10.9 Å². The minimum absolute atomic E-state index is 0.297. The Labute approximate surface area is 89.1 Å². The molecule has 0 aliphatic carbocycles. The molecule has 0 aliphatic rings. The monoisotopic (exact) mass is 204 g/mol. The van der Waals surface area contributed by atoms with Crippen molar-refractivity contribution in [3.8, 4) is 5.75 Å². The van der Waals surface area contributed by atoms with Gasteiger partial charge in [0.05, 0.1) is 5.52 Å². The number of hydrogen-bond acceptors (Lipinski definition) is 2. The van der Waals surface area contributed by atoms with Crippen LogP contribution in [0.3, 0.4) is 0 Å². The van der Waals surface area contributed by atoms with Gasteiger partial charge in [-0.15, -0.1) is 0 Å². The van der Waals surface area contributed by atoms with Crippen LogP contribution in [0.5, 0.6) is 5.75 Å². The Morgan fingerprint density at radius 2 is 2.07 bits per heavy atom. The zero-order chi connectivity index (χ0) is 11.0. The van der Waals surface area contributed by atoms with Gasteiger partial charge in [-0.05, 0) is 32.0 Å². The van der Waals surface area contributed by atoms with E-state index in [4.69, 9.17) is 5.73 Å². The van der Waals surface area contributed by atoms with E-state index in [0.29, 0.717) is 18.3 Å². The summed E-state index contributed by atoms with van der Waals surface area (Å²) in [6.45, 7) is 4.75. The fourth-order valence-corrected chi connectivity index (χ4v) is 2.03. The van der Waals surface area contributed by atoms with Crippen LogP contribution in [0.15, 0.2) is 24.3 Å². The number of benzene rings is 1. The Kier molecular flexibility index (Phi) is 2.40. The largest absolute Gasteiger partial charge is 0.508 e. The summed E-state index contributed by atoms with van der Waals surface area (Å²) in [5, 5.41) is 10.6. The summed E-state index contributed by atoms with van der Waals surface area (Å²) in [5.74, 6) is 0.297. The topological polar surface area (TPSA) is 51.2 Å². The van der Waals surface area contributed by atoms with Crippen molar-refractivity contribution < 1.29 is 5.11 Å². The van der Waals surface area contributed by atoms with Gasteiger partial charge in [-0.25, -0.2) is 0 Å². The van der Waals surface area contributed by atoms with Gasteiger partial charge in [0.15, 0.2) is 0 Å². The Bertz CT molecular complexity index is 486. The molecule has 0 saturated carbocycles. The van der Waals surface area contributed by atoms with Crippen molar-refractivity contribution in [2.24, 2.45) is 5.73 Å². The van der Waals surface area contributed by atoms with E-state index in [0.717, 1.165) is 16.6 Å². The number of rotatable bonds is 2. The summed E-state index contributed by atoms with van der Waals surface area (Å²) in [4.78, 5) is 0. The fourth-order valence-electron chi connectivity index (χ4n) is 2.03. The molecule has 3 nitrogen and oxygen atoms in total. The first kappa shape index (κ1) is 10.1. The van der Waals surface area contributed by atoms with E-state index in [1.54, 1.807) is 12.1 Å². The maximum atomic E-state index is 9.47. The molecule has 2 aromatic rings. The third-order valence-corrected chi connectivity index (χ3v) is 2.63. The van der Waals surface area contributed by atoms with E-state index in [1.165, 1.54) is 0 Å². The first-order chi connectivity index (χ1) is 7.13. The highest BCUT2D eigenvalue weighted by Crippen LogP contribution is 2.26. The molecule has 2 rings (SSSR count). The van der Waals surface area contributed by atoms with E-state index in [9.17, 15) is 5.11 Å². The van der Waals surface area contributed by atoms with Crippen molar-refractivity contribution in [3.05, 3.63) is 30.0 Å². The van der Waals surface area contributed by atoms with E-state index in [2.05, 4.69) is 24.5 Å². The van der Waals surface area contributed by atoms with Crippen LogP contribution in [0.4, 0.5) is 0 Å². The van der Waals surface area contributed by atoms with Gasteiger partial charge in [0.1, 0.15) is 5.75 Å². The summed E-state index contributed by atoms with van der Waals surface area (Å²) in [6, 6.07) is 7.84. The predicted molar refractivity (Wildman–Crippen MR) is 61.9 cm³/mol. The summed E-state index contributed by atoms with van der Waals surface area (Å²) >= 11 is 0. The number of hydrogen-bond donors (Lipinski definition) is 2. The van der Waals surface area contributed by atoms with E-state index < -0.39 is 0 Å². The average molecular weight is 204 g/mol. The minimum Gasteiger partial charge on any atom is -0.508 e. The highest BCUT2D eigenvalue weighted by Gasteiger charge is 2.10. The lowest BCUT2D eigenvalue weighted by atomic mass is 10.2. The molecule has 0 fully saturated rings. The summed E-state index contributed by atoms with van der Waals surface area (Å²) in [5.41, 5.74) is 7.86. The van der Waals surface area contributed by atoms with E-state index in [1.807, 2.05) is 6.07 Å². The number of fused-ring (bicyclic) bond motifs is 1. The number of nitrogens with zero attached hydrogens (tertiary/aromatic N) is 1. The minimum atomic E-state index is 0.297. The van der Waals surface area contributed by atoms with Crippen LogP contribution >= 0.6 is 0 Å². The lowest BCUT2D eigenvalue weighted by Crippen LogP contribution is -2.08. The molecule has 1 aromatic carbocycles. The number of phenols is 1. The molecule has 0 radical (unpaired) electrons. The van der Waals surface area contributed by atoms with Crippen molar-refractivity contribution in [1.82, 2.24) is 4.57 Å². The second-order valence-corrected chi connectivity index (χ2v) is 4.05. The maximum Gasteiger partial charge on any atom is 0.117 e. The fraction of sp³-hybridized carbons (Fsp3) is 0.333. The smallest absolute Gasteiger partial charge is 0.117 e. The van der Waals surface area contributed by atoms with Gasteiger partial charge in [-0.1, -0.05) is 0 Å². The van der Waals surface area contributed by atoms with Crippen molar-refractivity contribution in [3.63, 3.8) is 0 Å². The summed E-state index contributed by atoms with van der Waals surface area (Å²) < 4.78 is 2.16. The standard InChI is InChI=1S/C12H16N2O/c1-8(2)14-10(7-13)5-9-3-4-11(15)6-12(9)14/h3-6,8,15H,7,13H2,1-2H3. The van der Waals surface area contributed by atoms with Crippen molar-refractivity contribution in [2.45, 2.75) is 26.4 Å². The van der Waals surface area contributed by atoms with Crippen LogP contribution in [-0.2, 0) is 6.54 Å². The van der Waals surface area contributed by atoms with Crippen LogP contribution in [-0.4, -0.2) is 9.67 Å². The molecular weight excluding hydrogens is 188 g/mol. The molecule has 0 aliphatic heterocycles. The molecule has 1 heterocycles. The third kappa shape index (κ3) is 1.59. The zero-order valence-corrected chi connectivity index (χ0v) is 9.07. The SMILES string of the molecule is CC(C)n1c(CN)cc2ccc(O)cc21. The van der Waals surface area contributed by atoms with E-state index in [-0.39, 0.29) is 0 Å². The molecule has 0 saturated heterocycles. The molecule has 1 aromatic heterocycles. The molecule has 3 heteroatoms. The molecule has 0 unspecified atom stereocenters. The maximum absolute atomic E-state index is 9.47. The lowest BCUT2D eigenvalue weighted by molar-refractivity contribution is 0.475. The first-order valence-corrected chi connectivity index (χ1v) is 5.16. The molecule has 15 heavy (non-hydrogen) atoms.